The van der Waals surface area contributed by atoms with Crippen LogP contribution in [0.2, 0.25) is 0 Å². The number of aliphatic carboxylic acids is 1. The molecule has 3 aliphatic rings. The number of rotatable bonds is 8. The highest BCUT2D eigenvalue weighted by molar-refractivity contribution is 7.17. The Labute approximate surface area is 187 Å². The number of allylic oxidation sites excluding steroid dienone is 2. The van der Waals surface area contributed by atoms with E-state index in [9.17, 15) is 14.7 Å². The van der Waals surface area contributed by atoms with E-state index in [0.717, 1.165) is 29.3 Å². The number of hydrogen-bond acceptors (Lipinski definition) is 4. The van der Waals surface area contributed by atoms with Gasteiger partial charge >= 0.3 is 5.97 Å². The number of thiophene rings is 1. The molecule has 1 aromatic heterocycles. The predicted octanol–water partition coefficient (Wildman–Crippen LogP) is 5.59. The van der Waals surface area contributed by atoms with Crippen molar-refractivity contribution in [2.75, 3.05) is 0 Å². The average molecular weight is 442 g/mol. The number of fused-ring (bicyclic) bond motifs is 3. The zero-order valence-corrected chi connectivity index (χ0v) is 19.0. The summed E-state index contributed by atoms with van der Waals surface area (Å²) < 4.78 is 0.997. The Morgan fingerprint density at radius 1 is 1.26 bits per heavy atom. The lowest BCUT2D eigenvalue weighted by atomic mass is 9.44. The van der Waals surface area contributed by atoms with Gasteiger partial charge in [0, 0.05) is 27.9 Å². The van der Waals surface area contributed by atoms with Crippen LogP contribution < -0.4 is 5.32 Å². The summed E-state index contributed by atoms with van der Waals surface area (Å²) >= 11 is 1.52. The Hall–Kier alpha value is -2.34. The van der Waals surface area contributed by atoms with Crippen molar-refractivity contribution in [3.63, 3.8) is 0 Å². The summed E-state index contributed by atoms with van der Waals surface area (Å²) in [4.78, 5) is 23.9. The van der Waals surface area contributed by atoms with Gasteiger partial charge in [-0.2, -0.15) is 0 Å². The van der Waals surface area contributed by atoms with Crippen molar-refractivity contribution in [2.24, 2.45) is 23.2 Å². The highest BCUT2D eigenvalue weighted by Gasteiger charge is 2.57. The summed E-state index contributed by atoms with van der Waals surface area (Å²) in [6.45, 7) is 4.64. The molecule has 0 spiro atoms. The molecule has 3 aliphatic carbocycles. The van der Waals surface area contributed by atoms with E-state index >= 15 is 0 Å². The van der Waals surface area contributed by atoms with Crippen LogP contribution in [0.4, 0.5) is 0 Å². The van der Waals surface area contributed by atoms with Crippen molar-refractivity contribution in [3.8, 4) is 5.75 Å². The van der Waals surface area contributed by atoms with Crippen LogP contribution in [0, 0.1) is 23.2 Å². The number of phenols is 1. The molecule has 0 unspecified atom stereocenters. The molecule has 5 rings (SSSR count). The standard InChI is InChI=1S/C25H31NO4S/c1-25(2)16-11-15(7-5-3-4-6-8-22(28)29)23(20(25)12-16)26-24(30)19-14-31-21-10-9-17(27)13-18(19)21/h3,5,9-10,13-16,20,23,27H,4,6-8,11-12H2,1-2H3,(H,26,30)(H,28,29)/t15-,16-,20-,23+/m0/s1. The summed E-state index contributed by atoms with van der Waals surface area (Å²) in [5, 5.41) is 24.7. The quantitative estimate of drug-likeness (QED) is 0.368. The zero-order valence-electron chi connectivity index (χ0n) is 18.1. The van der Waals surface area contributed by atoms with Crippen molar-refractivity contribution < 1.29 is 19.8 Å². The van der Waals surface area contributed by atoms with Crippen LogP contribution in [-0.2, 0) is 4.79 Å². The molecule has 0 saturated heterocycles. The summed E-state index contributed by atoms with van der Waals surface area (Å²) in [6, 6.07) is 5.30. The van der Waals surface area contributed by atoms with Gasteiger partial charge in [0.1, 0.15) is 5.75 Å². The summed E-state index contributed by atoms with van der Waals surface area (Å²) in [5.41, 5.74) is 0.882. The first-order valence-corrected chi connectivity index (χ1v) is 12.0. The molecular weight excluding hydrogens is 410 g/mol. The van der Waals surface area contributed by atoms with Crippen LogP contribution in [-0.4, -0.2) is 28.1 Å². The van der Waals surface area contributed by atoms with Crippen molar-refractivity contribution >= 4 is 33.3 Å². The van der Waals surface area contributed by atoms with Crippen LogP contribution in [0.3, 0.4) is 0 Å². The van der Waals surface area contributed by atoms with Crippen LogP contribution >= 0.6 is 11.3 Å². The number of hydrogen-bond donors (Lipinski definition) is 3. The highest BCUT2D eigenvalue weighted by Crippen LogP contribution is 2.61. The third-order valence-corrected chi connectivity index (χ3v) is 8.50. The molecule has 166 valence electrons. The van der Waals surface area contributed by atoms with Gasteiger partial charge in [-0.05, 0) is 73.5 Å². The summed E-state index contributed by atoms with van der Waals surface area (Å²) in [7, 11) is 0. The second-order valence-electron chi connectivity index (χ2n) is 9.68. The van der Waals surface area contributed by atoms with Gasteiger partial charge in [-0.3, -0.25) is 9.59 Å². The Morgan fingerprint density at radius 2 is 2.06 bits per heavy atom. The maximum absolute atomic E-state index is 13.2. The fourth-order valence-corrected chi connectivity index (χ4v) is 6.47. The van der Waals surface area contributed by atoms with Crippen LogP contribution in [0.15, 0.2) is 35.7 Å². The fourth-order valence-electron chi connectivity index (χ4n) is 5.55. The number of carbonyl (C=O) groups excluding carboxylic acids is 1. The number of unbranched alkanes of at least 4 members (excludes halogenated alkanes) is 1. The van der Waals surface area contributed by atoms with Gasteiger partial charge < -0.3 is 15.5 Å². The van der Waals surface area contributed by atoms with E-state index in [2.05, 4.69) is 31.3 Å². The number of carboxylic acid groups (broad SMARTS) is 1. The Balaban J connectivity index is 1.46. The topological polar surface area (TPSA) is 86.6 Å². The molecule has 2 aromatic rings. The third kappa shape index (κ3) is 4.36. The van der Waals surface area contributed by atoms with Gasteiger partial charge in [0.15, 0.2) is 0 Å². The largest absolute Gasteiger partial charge is 0.508 e. The second-order valence-corrected chi connectivity index (χ2v) is 10.6. The second kappa shape index (κ2) is 8.65. The smallest absolute Gasteiger partial charge is 0.303 e. The minimum atomic E-state index is -0.750. The number of carbonyl (C=O) groups is 2. The van der Waals surface area contributed by atoms with Gasteiger partial charge in [-0.25, -0.2) is 0 Å². The molecule has 2 bridgehead atoms. The van der Waals surface area contributed by atoms with Crippen LogP contribution in [0.1, 0.15) is 62.7 Å². The molecule has 4 atom stereocenters. The van der Waals surface area contributed by atoms with Gasteiger partial charge in [0.2, 0.25) is 0 Å². The van der Waals surface area contributed by atoms with Crippen molar-refractivity contribution in [1.29, 1.82) is 0 Å². The van der Waals surface area contributed by atoms with E-state index in [1.165, 1.54) is 17.8 Å². The van der Waals surface area contributed by atoms with E-state index in [0.29, 0.717) is 29.7 Å². The lowest BCUT2D eigenvalue weighted by Crippen LogP contribution is -2.63. The molecule has 0 radical (unpaired) electrons. The van der Waals surface area contributed by atoms with Crippen molar-refractivity contribution in [3.05, 3.63) is 41.3 Å². The molecule has 1 aromatic carbocycles. The molecule has 3 saturated carbocycles. The Bertz CT molecular complexity index is 1010. The van der Waals surface area contributed by atoms with E-state index < -0.39 is 5.97 Å². The van der Waals surface area contributed by atoms with Gasteiger partial charge in [-0.15, -0.1) is 11.3 Å². The normalized spacial score (nSPS) is 26.6. The first-order chi connectivity index (χ1) is 14.8. The molecule has 0 aliphatic heterocycles. The summed E-state index contributed by atoms with van der Waals surface area (Å²) in [5.74, 6) is 0.939. The molecule has 5 nitrogen and oxygen atoms in total. The van der Waals surface area contributed by atoms with Crippen LogP contribution in [0.5, 0.6) is 5.75 Å². The maximum atomic E-state index is 13.2. The van der Waals surface area contributed by atoms with Crippen molar-refractivity contribution in [1.82, 2.24) is 5.32 Å². The summed E-state index contributed by atoms with van der Waals surface area (Å²) in [6.07, 6.45) is 9.08. The molecule has 3 N–H and O–H groups in total. The van der Waals surface area contributed by atoms with E-state index in [-0.39, 0.29) is 29.5 Å². The average Bonchev–Trinajstić information content (AvgIpc) is 3.13. The number of aromatic hydroxyl groups is 1. The first-order valence-electron chi connectivity index (χ1n) is 11.1. The third-order valence-electron chi connectivity index (χ3n) is 7.54. The monoisotopic (exact) mass is 441 g/mol. The Morgan fingerprint density at radius 3 is 2.81 bits per heavy atom. The number of carboxylic acids is 1. The highest BCUT2D eigenvalue weighted by atomic mass is 32.1. The van der Waals surface area contributed by atoms with Gasteiger partial charge in [-0.1, -0.05) is 26.0 Å². The SMILES string of the molecule is CC1(C)[C@H]2C[C@H](CC=CCCCC(=O)O)[C@@H](NC(=O)c3csc4ccc(O)cc34)[C@@H]1C2. The number of benzene rings is 1. The minimum absolute atomic E-state index is 0.0570. The molecule has 31 heavy (non-hydrogen) atoms. The molecule has 1 heterocycles. The van der Waals surface area contributed by atoms with Crippen LogP contribution in [0.25, 0.3) is 10.1 Å². The maximum Gasteiger partial charge on any atom is 0.303 e. The zero-order chi connectivity index (χ0) is 22.2. The Kier molecular flexibility index (Phi) is 6.11. The number of amides is 1. The lowest BCUT2D eigenvalue weighted by molar-refractivity contribution is -0.137. The van der Waals surface area contributed by atoms with Gasteiger partial charge in [0.25, 0.3) is 5.91 Å². The molecule has 6 heteroatoms. The predicted molar refractivity (Wildman–Crippen MR) is 123 cm³/mol. The number of nitrogens with one attached hydrogen (secondary N) is 1. The number of phenolic OH excluding ortho intramolecular Hbond substituents is 1. The minimum Gasteiger partial charge on any atom is -0.508 e. The fraction of sp³-hybridized carbons (Fsp3) is 0.520. The molecule has 1 amide bonds. The van der Waals surface area contributed by atoms with Gasteiger partial charge in [0.05, 0.1) is 5.56 Å². The molecule has 3 fully saturated rings. The molecular formula is C25H31NO4S. The van der Waals surface area contributed by atoms with E-state index in [1.807, 2.05) is 11.4 Å². The first kappa shape index (κ1) is 21.9. The van der Waals surface area contributed by atoms with E-state index in [4.69, 9.17) is 5.11 Å². The van der Waals surface area contributed by atoms with Crippen molar-refractivity contribution in [2.45, 2.75) is 58.4 Å². The lowest BCUT2D eigenvalue weighted by Gasteiger charge is -2.62. The van der Waals surface area contributed by atoms with E-state index in [1.54, 1.807) is 12.1 Å².